The molecule has 2 aromatic rings. The van der Waals surface area contributed by atoms with Gasteiger partial charge in [0, 0.05) is 45.2 Å². The lowest BCUT2D eigenvalue weighted by Crippen LogP contribution is -2.60. The number of amides is 4. The molecule has 14 nitrogen and oxygen atoms in total. The number of carbonyl (C=O) groups is 4. The molecule has 1 saturated heterocycles. The molecule has 0 aliphatic carbocycles. The molecule has 348 valence electrons. The van der Waals surface area contributed by atoms with Crippen LogP contribution < -0.4 is 21.7 Å². The van der Waals surface area contributed by atoms with E-state index in [9.17, 15) is 24.3 Å². The number of hydrogen-bond donors (Lipinski definition) is 5. The predicted molar refractivity (Wildman–Crippen MR) is 247 cm³/mol. The van der Waals surface area contributed by atoms with Crippen molar-refractivity contribution < 1.29 is 33.8 Å². The van der Waals surface area contributed by atoms with Crippen LogP contribution in [-0.4, -0.2) is 133 Å². The van der Waals surface area contributed by atoms with Crippen molar-refractivity contribution in [2.75, 3.05) is 45.9 Å². The summed E-state index contributed by atoms with van der Waals surface area (Å²) in [6.45, 7) is 18.3. The van der Waals surface area contributed by atoms with Crippen molar-refractivity contribution in [3.8, 4) is 0 Å². The van der Waals surface area contributed by atoms with E-state index in [1.54, 1.807) is 62.3 Å². The van der Waals surface area contributed by atoms with Gasteiger partial charge in [0.25, 0.3) is 0 Å². The maximum atomic E-state index is 14.5. The van der Waals surface area contributed by atoms with E-state index in [1.165, 1.54) is 0 Å². The molecule has 0 spiro atoms. The van der Waals surface area contributed by atoms with Gasteiger partial charge >= 0.3 is 0 Å². The van der Waals surface area contributed by atoms with Crippen molar-refractivity contribution >= 4 is 35.0 Å². The van der Waals surface area contributed by atoms with E-state index < -0.39 is 54.6 Å². The second-order valence-electron chi connectivity index (χ2n) is 18.3. The van der Waals surface area contributed by atoms with Crippen LogP contribution in [0.4, 0.5) is 11.4 Å². The Balaban J connectivity index is 1.81. The number of anilines is 2. The molecule has 0 radical (unpaired) electrons. The summed E-state index contributed by atoms with van der Waals surface area (Å²) in [6.07, 6.45) is 0.0366. The molecule has 1 aliphatic rings. The van der Waals surface area contributed by atoms with Gasteiger partial charge in [-0.2, -0.15) is 0 Å². The highest BCUT2D eigenvalue weighted by Crippen LogP contribution is 2.30. The average molecular weight is 866 g/mol. The Morgan fingerprint density at radius 1 is 0.871 bits per heavy atom. The number of benzene rings is 2. The van der Waals surface area contributed by atoms with E-state index in [0.717, 1.165) is 18.4 Å². The fourth-order valence-electron chi connectivity index (χ4n) is 8.83. The fourth-order valence-corrected chi connectivity index (χ4v) is 8.83. The lowest BCUT2D eigenvalue weighted by atomic mass is 9.89. The Kier molecular flexibility index (Phi) is 20.6. The molecule has 0 aromatic heterocycles. The van der Waals surface area contributed by atoms with Crippen molar-refractivity contribution in [1.29, 1.82) is 0 Å². The average Bonchev–Trinajstić information content (AvgIpc) is 3.72. The summed E-state index contributed by atoms with van der Waals surface area (Å²) in [5, 5.41) is 20.7. The van der Waals surface area contributed by atoms with Crippen LogP contribution in [0.5, 0.6) is 0 Å². The summed E-state index contributed by atoms with van der Waals surface area (Å²) in [4.78, 5) is 62.3. The number of aliphatic hydroxyl groups excluding tert-OH is 1. The SMILES string of the molecule is CC[C@H](C)[C@@H]([C@@H](CC(=O)N1CCC[C@H]1[C@H](OC)[C@@H](C)C(=O)N[C@@H](Cc1ccccc1)C(O)Nc1ccc(N)cc1)OC)N(C)C(=O)[C@@H](NC(=O)[C@H](C(C)C)N(C)C(C)C)C(C)C. The number of carbonyl (C=O) groups excluding carboxylic acids is 4. The van der Waals surface area contributed by atoms with Crippen LogP contribution in [0.2, 0.25) is 0 Å². The van der Waals surface area contributed by atoms with Gasteiger partial charge in [-0.15, -0.1) is 0 Å². The Hall–Kier alpha value is -4.24. The van der Waals surface area contributed by atoms with Crippen LogP contribution >= 0.6 is 0 Å². The number of likely N-dealkylation sites (tertiary alicyclic amines) is 1. The predicted octanol–water partition coefficient (Wildman–Crippen LogP) is 5.15. The minimum absolute atomic E-state index is 0.00605. The van der Waals surface area contributed by atoms with E-state index in [1.807, 2.05) is 97.7 Å². The van der Waals surface area contributed by atoms with Gasteiger partial charge in [0.1, 0.15) is 12.3 Å². The van der Waals surface area contributed by atoms with Crippen molar-refractivity contribution in [3.05, 3.63) is 60.2 Å². The number of aliphatic hydroxyl groups is 1. The van der Waals surface area contributed by atoms with E-state index in [-0.39, 0.29) is 53.8 Å². The first-order chi connectivity index (χ1) is 29.3. The number of nitrogens with one attached hydrogen (secondary N) is 3. The van der Waals surface area contributed by atoms with Crippen molar-refractivity contribution in [2.45, 2.75) is 149 Å². The zero-order valence-electron chi connectivity index (χ0n) is 39.8. The van der Waals surface area contributed by atoms with Gasteiger partial charge in [-0.05, 0) is 87.7 Å². The van der Waals surface area contributed by atoms with Gasteiger partial charge in [-0.25, -0.2) is 0 Å². The summed E-state index contributed by atoms with van der Waals surface area (Å²) in [7, 11) is 6.79. The van der Waals surface area contributed by atoms with Crippen molar-refractivity contribution in [1.82, 2.24) is 25.3 Å². The van der Waals surface area contributed by atoms with Crippen LogP contribution in [0, 0.1) is 23.7 Å². The topological polar surface area (TPSA) is 179 Å². The molecule has 62 heavy (non-hydrogen) atoms. The molecular formula is C48H79N7O7. The third kappa shape index (κ3) is 13.9. The Bertz CT molecular complexity index is 1690. The summed E-state index contributed by atoms with van der Waals surface area (Å²) < 4.78 is 12.1. The number of likely N-dealkylation sites (N-methyl/N-ethyl adjacent to an activating group) is 2. The van der Waals surface area contributed by atoms with Crippen molar-refractivity contribution in [3.63, 3.8) is 0 Å². The second-order valence-corrected chi connectivity index (χ2v) is 18.3. The van der Waals surface area contributed by atoms with Crippen molar-refractivity contribution in [2.24, 2.45) is 23.7 Å². The highest BCUT2D eigenvalue weighted by atomic mass is 16.5. The first kappa shape index (κ1) is 52.1. The summed E-state index contributed by atoms with van der Waals surface area (Å²) in [6, 6.07) is 14.0. The van der Waals surface area contributed by atoms with Crippen LogP contribution in [0.15, 0.2) is 54.6 Å². The number of nitrogens with two attached hydrogens (primary N) is 1. The zero-order valence-corrected chi connectivity index (χ0v) is 39.8. The van der Waals surface area contributed by atoms with E-state index >= 15 is 0 Å². The second kappa shape index (κ2) is 24.6. The van der Waals surface area contributed by atoms with Gasteiger partial charge < -0.3 is 46.1 Å². The molecule has 14 heteroatoms. The number of methoxy groups -OCH3 is 2. The number of hydrogen-bond acceptors (Lipinski definition) is 10. The van der Waals surface area contributed by atoms with Gasteiger partial charge in [0.05, 0.1) is 48.7 Å². The molecule has 6 N–H and O–H groups in total. The Labute approximate surface area is 372 Å². The van der Waals surface area contributed by atoms with E-state index in [0.29, 0.717) is 30.8 Å². The van der Waals surface area contributed by atoms with Gasteiger partial charge in [0.2, 0.25) is 23.6 Å². The quantitative estimate of drug-likeness (QED) is 0.0701. The molecule has 1 aliphatic heterocycles. The number of nitrogens with zero attached hydrogens (tertiary/aromatic N) is 3. The maximum absolute atomic E-state index is 14.5. The molecule has 1 heterocycles. The lowest BCUT2D eigenvalue weighted by molar-refractivity contribution is -0.148. The number of nitrogen functional groups attached to an aromatic ring is 1. The van der Waals surface area contributed by atoms with Crippen LogP contribution in [0.3, 0.4) is 0 Å². The first-order valence-electron chi connectivity index (χ1n) is 22.6. The fraction of sp³-hybridized carbons (Fsp3) is 0.667. The molecule has 4 amide bonds. The minimum atomic E-state index is -1.13. The molecular weight excluding hydrogens is 787 g/mol. The maximum Gasteiger partial charge on any atom is 0.245 e. The third-order valence-corrected chi connectivity index (χ3v) is 12.9. The van der Waals surface area contributed by atoms with Gasteiger partial charge in [-0.1, -0.05) is 85.2 Å². The van der Waals surface area contributed by atoms with Crippen LogP contribution in [0.25, 0.3) is 0 Å². The third-order valence-electron chi connectivity index (χ3n) is 12.9. The molecule has 1 unspecified atom stereocenters. The number of rotatable bonds is 24. The van der Waals surface area contributed by atoms with E-state index in [4.69, 9.17) is 15.2 Å². The largest absolute Gasteiger partial charge is 0.399 e. The van der Waals surface area contributed by atoms with Crippen LogP contribution in [-0.2, 0) is 35.1 Å². The minimum Gasteiger partial charge on any atom is -0.399 e. The normalized spacial score (nSPS) is 18.7. The van der Waals surface area contributed by atoms with Gasteiger partial charge in [0.15, 0.2) is 0 Å². The lowest BCUT2D eigenvalue weighted by Gasteiger charge is -2.41. The molecule has 2 aromatic carbocycles. The Morgan fingerprint density at radius 2 is 1.50 bits per heavy atom. The van der Waals surface area contributed by atoms with E-state index in [2.05, 4.69) is 16.0 Å². The molecule has 10 atom stereocenters. The first-order valence-corrected chi connectivity index (χ1v) is 22.6. The Morgan fingerprint density at radius 3 is 2.03 bits per heavy atom. The molecule has 0 bridgehead atoms. The molecule has 3 rings (SSSR count). The van der Waals surface area contributed by atoms with Gasteiger partial charge in [-0.3, -0.25) is 24.1 Å². The summed E-state index contributed by atoms with van der Waals surface area (Å²) in [5.74, 6) is -1.80. The smallest absolute Gasteiger partial charge is 0.245 e. The highest BCUT2D eigenvalue weighted by Gasteiger charge is 2.43. The molecule has 0 saturated carbocycles. The summed E-state index contributed by atoms with van der Waals surface area (Å²) >= 11 is 0. The standard InChI is InChI=1S/C48H79N7O7/c1-14-32(8)43(54(11)48(60)41(29(2)3)52-47(59)42(30(4)5)53(10)31(6)7)39(61-12)28-40(56)55-26-18-21-38(55)44(62-13)33(9)45(57)51-37(27-34-19-16-15-17-20-34)46(58)50-36-24-22-35(49)23-25-36/h15-17,19-20,22-25,29-33,37-39,41-44,46,50,58H,14,18,21,26-28,49H2,1-13H3,(H,51,57)(H,52,59)/t32-,33+,37-,38-,39+,41-,42-,43-,44+,46?/m0/s1. The molecule has 1 fully saturated rings. The summed E-state index contributed by atoms with van der Waals surface area (Å²) in [5.41, 5.74) is 8.05. The highest BCUT2D eigenvalue weighted by molar-refractivity contribution is 5.90. The monoisotopic (exact) mass is 866 g/mol. The zero-order chi connectivity index (χ0) is 46.4. The number of ether oxygens (including phenoxy) is 2. The van der Waals surface area contributed by atoms with Crippen LogP contribution in [0.1, 0.15) is 93.6 Å².